The van der Waals surface area contributed by atoms with Crippen LogP contribution in [0.2, 0.25) is 0 Å². The van der Waals surface area contributed by atoms with E-state index in [0.717, 1.165) is 12.8 Å². The van der Waals surface area contributed by atoms with Gasteiger partial charge in [0.15, 0.2) is 0 Å². The Balaban J connectivity index is 1.90. The van der Waals surface area contributed by atoms with Crippen LogP contribution in [0.1, 0.15) is 24.3 Å². The fourth-order valence-electron chi connectivity index (χ4n) is 4.30. The summed E-state index contributed by atoms with van der Waals surface area (Å²) in [6.45, 7) is 0.292. The number of esters is 1. The van der Waals surface area contributed by atoms with Gasteiger partial charge in [-0.05, 0) is 25.5 Å². The first-order chi connectivity index (χ1) is 11.2. The summed E-state index contributed by atoms with van der Waals surface area (Å²) in [5, 5.41) is 0. The van der Waals surface area contributed by atoms with Crippen molar-refractivity contribution in [1.82, 2.24) is 4.90 Å². The van der Waals surface area contributed by atoms with Crippen molar-refractivity contribution < 1.29 is 19.0 Å². The molecule has 1 aromatic carbocycles. The monoisotopic (exact) mass is 319 g/mol. The molecule has 5 atom stereocenters. The second-order valence-electron chi connectivity index (χ2n) is 6.45. The van der Waals surface area contributed by atoms with Crippen LogP contribution in [0.3, 0.4) is 0 Å². The van der Waals surface area contributed by atoms with Crippen LogP contribution >= 0.6 is 0 Å². The second-order valence-corrected chi connectivity index (χ2v) is 6.45. The number of likely N-dealkylation sites (N-methyl/N-ethyl adjacent to an activating group) is 1. The summed E-state index contributed by atoms with van der Waals surface area (Å²) >= 11 is 0. The Bertz CT molecular complexity index is 535. The number of carbonyl (C=O) groups excluding carboxylic acids is 1. The quantitative estimate of drug-likeness (QED) is 0.614. The third kappa shape index (κ3) is 3.01. The molecular weight excluding hydrogens is 294 g/mol. The van der Waals surface area contributed by atoms with Crippen LogP contribution in [0.4, 0.5) is 0 Å². The van der Waals surface area contributed by atoms with Crippen molar-refractivity contribution in [2.45, 2.75) is 36.9 Å². The van der Waals surface area contributed by atoms with E-state index in [2.05, 4.69) is 24.1 Å². The summed E-state index contributed by atoms with van der Waals surface area (Å²) in [7, 11) is 5.20. The minimum atomic E-state index is -0.153. The van der Waals surface area contributed by atoms with Crippen molar-refractivity contribution in [1.29, 1.82) is 0 Å². The third-order valence-electron chi connectivity index (χ3n) is 5.39. The first-order valence-corrected chi connectivity index (χ1v) is 8.12. The van der Waals surface area contributed by atoms with Crippen molar-refractivity contribution >= 4 is 5.97 Å². The molecule has 2 bridgehead atoms. The van der Waals surface area contributed by atoms with Crippen molar-refractivity contribution in [2.75, 3.05) is 28.1 Å². The van der Waals surface area contributed by atoms with Gasteiger partial charge in [0.05, 0.1) is 19.1 Å². The molecule has 2 saturated heterocycles. The molecule has 0 saturated carbocycles. The standard InChI is InChI=1S/C18H25NO4/c1-19-14-9-13(12-7-5-4-6-8-12)17(18(20)22-3)15(19)10-16(14)23-11-21-2/h4-8,13-17H,9-11H2,1-3H3. The number of methoxy groups -OCH3 is 2. The predicted molar refractivity (Wildman–Crippen MR) is 86.0 cm³/mol. The molecular formula is C18H25NO4. The molecule has 0 N–H and O–H groups in total. The number of fused-ring (bicyclic) bond motifs is 2. The molecule has 0 amide bonds. The molecule has 126 valence electrons. The van der Waals surface area contributed by atoms with Gasteiger partial charge < -0.3 is 14.2 Å². The lowest BCUT2D eigenvalue weighted by Gasteiger charge is -2.41. The fraction of sp³-hybridized carbons (Fsp3) is 0.611. The normalized spacial score (nSPS) is 33.6. The van der Waals surface area contributed by atoms with Gasteiger partial charge in [-0.2, -0.15) is 0 Å². The molecule has 0 aliphatic carbocycles. The average Bonchev–Trinajstić information content (AvgIpc) is 2.79. The Morgan fingerprint density at radius 2 is 1.91 bits per heavy atom. The SMILES string of the molecule is COCOC1CC2C(C(=O)OC)C(c3ccccc3)CC1N2C. The Kier molecular flexibility index (Phi) is 4.99. The van der Waals surface area contributed by atoms with Crippen molar-refractivity contribution in [2.24, 2.45) is 5.92 Å². The van der Waals surface area contributed by atoms with Gasteiger partial charge >= 0.3 is 5.97 Å². The molecule has 0 aromatic heterocycles. The number of hydrogen-bond acceptors (Lipinski definition) is 5. The molecule has 2 heterocycles. The largest absolute Gasteiger partial charge is 0.469 e. The summed E-state index contributed by atoms with van der Waals surface area (Å²) in [6, 6.07) is 10.7. The van der Waals surface area contributed by atoms with Gasteiger partial charge in [0, 0.05) is 25.1 Å². The Labute approximate surface area is 137 Å². The summed E-state index contributed by atoms with van der Waals surface area (Å²) in [5.41, 5.74) is 1.21. The summed E-state index contributed by atoms with van der Waals surface area (Å²) in [6.07, 6.45) is 1.84. The van der Waals surface area contributed by atoms with Gasteiger partial charge in [-0.3, -0.25) is 9.69 Å². The maximum absolute atomic E-state index is 12.5. The Morgan fingerprint density at radius 3 is 2.57 bits per heavy atom. The lowest BCUT2D eigenvalue weighted by atomic mass is 9.76. The van der Waals surface area contributed by atoms with Gasteiger partial charge in [0.1, 0.15) is 6.79 Å². The molecule has 2 aliphatic rings. The van der Waals surface area contributed by atoms with E-state index < -0.39 is 0 Å². The smallest absolute Gasteiger partial charge is 0.310 e. The summed E-state index contributed by atoms with van der Waals surface area (Å²) < 4.78 is 16.1. The van der Waals surface area contributed by atoms with Gasteiger partial charge in [-0.1, -0.05) is 30.3 Å². The maximum Gasteiger partial charge on any atom is 0.310 e. The van der Waals surface area contributed by atoms with Crippen molar-refractivity contribution in [3.05, 3.63) is 35.9 Å². The van der Waals surface area contributed by atoms with Crippen molar-refractivity contribution in [3.8, 4) is 0 Å². The van der Waals surface area contributed by atoms with Crippen LogP contribution in [-0.4, -0.2) is 57.1 Å². The predicted octanol–water partition coefficient (Wildman–Crippen LogP) is 2.02. The zero-order valence-corrected chi connectivity index (χ0v) is 14.0. The number of hydrogen-bond donors (Lipinski definition) is 0. The number of nitrogens with zero attached hydrogens (tertiary/aromatic N) is 1. The highest BCUT2D eigenvalue weighted by Crippen LogP contribution is 2.47. The summed E-state index contributed by atoms with van der Waals surface area (Å²) in [4.78, 5) is 14.8. The topological polar surface area (TPSA) is 48.0 Å². The molecule has 5 unspecified atom stereocenters. The van der Waals surface area contributed by atoms with Gasteiger partial charge in [0.25, 0.3) is 0 Å². The minimum Gasteiger partial charge on any atom is -0.469 e. The number of benzene rings is 1. The minimum absolute atomic E-state index is 0.103. The van der Waals surface area contributed by atoms with Crippen LogP contribution in [-0.2, 0) is 19.0 Å². The lowest BCUT2D eigenvalue weighted by molar-refractivity contribution is -0.150. The maximum atomic E-state index is 12.5. The first kappa shape index (κ1) is 16.4. The lowest BCUT2D eigenvalue weighted by Crippen LogP contribution is -2.50. The molecule has 2 aliphatic heterocycles. The third-order valence-corrected chi connectivity index (χ3v) is 5.39. The van der Waals surface area contributed by atoms with Gasteiger partial charge in [-0.25, -0.2) is 0 Å². The van der Waals surface area contributed by atoms with Crippen LogP contribution < -0.4 is 0 Å². The zero-order chi connectivity index (χ0) is 16.4. The van der Waals surface area contributed by atoms with E-state index in [1.807, 2.05) is 18.2 Å². The van der Waals surface area contributed by atoms with E-state index >= 15 is 0 Å². The highest BCUT2D eigenvalue weighted by atomic mass is 16.7. The Hall–Kier alpha value is -1.43. The van der Waals surface area contributed by atoms with E-state index in [-0.39, 0.29) is 30.0 Å². The molecule has 5 nitrogen and oxygen atoms in total. The number of carbonyl (C=O) groups is 1. The molecule has 0 radical (unpaired) electrons. The summed E-state index contributed by atoms with van der Waals surface area (Å²) in [5.74, 6) is -0.104. The molecule has 0 spiro atoms. The molecule has 2 fully saturated rings. The zero-order valence-electron chi connectivity index (χ0n) is 14.0. The molecule has 3 rings (SSSR count). The number of piperidine rings is 1. The van der Waals surface area contributed by atoms with E-state index in [9.17, 15) is 4.79 Å². The fourth-order valence-corrected chi connectivity index (χ4v) is 4.30. The highest BCUT2D eigenvalue weighted by molar-refractivity contribution is 5.75. The highest BCUT2D eigenvalue weighted by Gasteiger charge is 2.54. The van der Waals surface area contributed by atoms with Crippen molar-refractivity contribution in [3.63, 3.8) is 0 Å². The first-order valence-electron chi connectivity index (χ1n) is 8.12. The van der Waals surface area contributed by atoms with Crippen LogP contribution in [0.15, 0.2) is 30.3 Å². The van der Waals surface area contributed by atoms with E-state index in [4.69, 9.17) is 14.2 Å². The van der Waals surface area contributed by atoms with Crippen LogP contribution in [0.5, 0.6) is 0 Å². The van der Waals surface area contributed by atoms with Crippen LogP contribution in [0, 0.1) is 5.92 Å². The second kappa shape index (κ2) is 6.99. The number of ether oxygens (including phenoxy) is 3. The van der Waals surface area contributed by atoms with Gasteiger partial charge in [0.2, 0.25) is 0 Å². The molecule has 1 aromatic rings. The van der Waals surface area contributed by atoms with E-state index in [0.29, 0.717) is 12.8 Å². The molecule has 23 heavy (non-hydrogen) atoms. The van der Waals surface area contributed by atoms with Gasteiger partial charge in [-0.15, -0.1) is 0 Å². The number of rotatable bonds is 5. The molecule has 5 heteroatoms. The average molecular weight is 319 g/mol. The van der Waals surface area contributed by atoms with E-state index in [1.54, 1.807) is 7.11 Å². The van der Waals surface area contributed by atoms with Crippen LogP contribution in [0.25, 0.3) is 0 Å². The Morgan fingerprint density at radius 1 is 1.17 bits per heavy atom. The van der Waals surface area contributed by atoms with E-state index in [1.165, 1.54) is 12.7 Å².